The van der Waals surface area contributed by atoms with Crippen LogP contribution in [0, 0.1) is 5.41 Å². The molecule has 0 aliphatic carbocycles. The molecule has 92 valence electrons. The molecule has 0 fully saturated rings. The van der Waals surface area contributed by atoms with Crippen LogP contribution >= 0.6 is 0 Å². The zero-order chi connectivity index (χ0) is 12.9. The molecule has 0 saturated carbocycles. The highest BCUT2D eigenvalue weighted by atomic mass is 16.2. The second kappa shape index (κ2) is 3.51. The van der Waals surface area contributed by atoms with E-state index in [0.717, 1.165) is 5.70 Å². The van der Waals surface area contributed by atoms with Crippen LogP contribution in [-0.2, 0) is 0 Å². The third-order valence-corrected chi connectivity index (χ3v) is 4.48. The van der Waals surface area contributed by atoms with E-state index in [4.69, 9.17) is 0 Å². The maximum Gasteiger partial charge on any atom is 0.324 e. The van der Waals surface area contributed by atoms with Crippen molar-refractivity contribution in [2.45, 2.75) is 47.1 Å². The fraction of sp³-hybridized carbons (Fsp3) is 0.769. The van der Waals surface area contributed by atoms with Crippen LogP contribution in [0.25, 0.3) is 0 Å². The van der Waals surface area contributed by atoms with Crippen molar-refractivity contribution < 1.29 is 4.79 Å². The molecule has 0 radical (unpaired) electrons. The van der Waals surface area contributed by atoms with Crippen LogP contribution in [0.15, 0.2) is 11.3 Å². The number of carbonyl (C=O) groups excluding carboxylic acids is 1. The van der Waals surface area contributed by atoms with Crippen molar-refractivity contribution >= 4 is 6.03 Å². The van der Waals surface area contributed by atoms with E-state index in [1.807, 2.05) is 11.8 Å². The summed E-state index contributed by atoms with van der Waals surface area (Å²) >= 11 is 0. The van der Waals surface area contributed by atoms with E-state index in [1.165, 1.54) is 5.57 Å². The molecule has 1 aliphatic heterocycles. The molecule has 1 aliphatic rings. The van der Waals surface area contributed by atoms with Gasteiger partial charge in [0.05, 0.1) is 5.54 Å². The first-order chi connectivity index (χ1) is 7.05. The Labute approximate surface area is 99.1 Å². The summed E-state index contributed by atoms with van der Waals surface area (Å²) in [7, 11) is 3.60. The second-order valence-electron chi connectivity index (χ2n) is 5.91. The lowest BCUT2D eigenvalue weighted by Crippen LogP contribution is -2.53. The Morgan fingerprint density at radius 1 is 1.12 bits per heavy atom. The average Bonchev–Trinajstić information content (AvgIpc) is 2.25. The van der Waals surface area contributed by atoms with E-state index in [2.05, 4.69) is 34.6 Å². The topological polar surface area (TPSA) is 23.6 Å². The van der Waals surface area contributed by atoms with Gasteiger partial charge in [0.1, 0.15) is 0 Å². The summed E-state index contributed by atoms with van der Waals surface area (Å²) < 4.78 is 0. The molecule has 2 amide bonds. The molecule has 0 atom stereocenters. The number of carbonyl (C=O) groups is 1. The van der Waals surface area contributed by atoms with Gasteiger partial charge in [-0.25, -0.2) is 4.79 Å². The monoisotopic (exact) mass is 224 g/mol. The minimum absolute atomic E-state index is 0.0166. The molecule has 16 heavy (non-hydrogen) atoms. The predicted molar refractivity (Wildman–Crippen MR) is 67.2 cm³/mol. The van der Waals surface area contributed by atoms with Crippen molar-refractivity contribution in [2.24, 2.45) is 5.41 Å². The molecule has 0 spiro atoms. The summed E-state index contributed by atoms with van der Waals surface area (Å²) in [5.74, 6) is 0. The van der Waals surface area contributed by atoms with Gasteiger partial charge < -0.3 is 4.90 Å². The minimum Gasteiger partial charge on any atom is -0.330 e. The van der Waals surface area contributed by atoms with Crippen molar-refractivity contribution in [3.63, 3.8) is 0 Å². The van der Waals surface area contributed by atoms with Crippen molar-refractivity contribution in [3.05, 3.63) is 11.3 Å². The van der Waals surface area contributed by atoms with Gasteiger partial charge in [0.2, 0.25) is 0 Å². The summed E-state index contributed by atoms with van der Waals surface area (Å²) in [6, 6.07) is 0.0624. The van der Waals surface area contributed by atoms with Crippen molar-refractivity contribution in [3.8, 4) is 0 Å². The largest absolute Gasteiger partial charge is 0.330 e. The molecule has 0 aromatic rings. The van der Waals surface area contributed by atoms with E-state index in [9.17, 15) is 4.79 Å². The Morgan fingerprint density at radius 2 is 1.56 bits per heavy atom. The van der Waals surface area contributed by atoms with Gasteiger partial charge in [-0.1, -0.05) is 13.8 Å². The molecular weight excluding hydrogens is 200 g/mol. The normalized spacial score (nSPS) is 22.6. The summed E-state index contributed by atoms with van der Waals surface area (Å²) in [4.78, 5) is 15.8. The molecule has 0 aromatic carbocycles. The SMILES string of the molecule is CC1=C(C)C(C)(C)C(C)(C)N1C(=O)N(C)C. The summed E-state index contributed by atoms with van der Waals surface area (Å²) in [5, 5.41) is 0. The van der Waals surface area contributed by atoms with Gasteiger partial charge in [0, 0.05) is 25.2 Å². The van der Waals surface area contributed by atoms with Crippen LogP contribution in [0.5, 0.6) is 0 Å². The Bertz CT molecular complexity index is 351. The van der Waals surface area contributed by atoms with Crippen LogP contribution in [-0.4, -0.2) is 35.5 Å². The first kappa shape index (κ1) is 13.1. The lowest BCUT2D eigenvalue weighted by molar-refractivity contribution is 0.0993. The lowest BCUT2D eigenvalue weighted by Gasteiger charge is -2.43. The highest BCUT2D eigenvalue weighted by molar-refractivity contribution is 5.78. The molecule has 0 N–H and O–H groups in total. The number of allylic oxidation sites excluding steroid dienone is 1. The number of nitrogens with zero attached hydrogens (tertiary/aromatic N) is 2. The third-order valence-electron chi connectivity index (χ3n) is 4.48. The Hall–Kier alpha value is -0.990. The van der Waals surface area contributed by atoms with Gasteiger partial charge >= 0.3 is 6.03 Å². The standard InChI is InChI=1S/C13H24N2O/c1-9-10(2)15(11(16)14(7)8)13(5,6)12(9,3)4/h1-8H3. The molecule has 0 aromatic heterocycles. The van der Waals surface area contributed by atoms with Gasteiger partial charge in [0.15, 0.2) is 0 Å². The molecule has 1 rings (SSSR count). The number of amides is 2. The van der Waals surface area contributed by atoms with Crippen molar-refractivity contribution in [2.75, 3.05) is 14.1 Å². The number of urea groups is 1. The molecule has 1 heterocycles. The van der Waals surface area contributed by atoms with Crippen molar-refractivity contribution in [1.29, 1.82) is 0 Å². The lowest BCUT2D eigenvalue weighted by atomic mass is 9.72. The van der Waals surface area contributed by atoms with Crippen LogP contribution in [0.3, 0.4) is 0 Å². The molecule has 3 nitrogen and oxygen atoms in total. The highest BCUT2D eigenvalue weighted by Gasteiger charge is 2.52. The number of hydrogen-bond donors (Lipinski definition) is 0. The fourth-order valence-corrected chi connectivity index (χ4v) is 2.36. The summed E-state index contributed by atoms with van der Waals surface area (Å²) in [6.45, 7) is 12.8. The smallest absolute Gasteiger partial charge is 0.324 e. The fourth-order valence-electron chi connectivity index (χ4n) is 2.36. The maximum absolute atomic E-state index is 12.2. The van der Waals surface area contributed by atoms with E-state index < -0.39 is 0 Å². The zero-order valence-electron chi connectivity index (χ0n) is 11.8. The summed E-state index contributed by atoms with van der Waals surface area (Å²) in [5.41, 5.74) is 2.23. The van der Waals surface area contributed by atoms with E-state index in [-0.39, 0.29) is 17.0 Å². The molecule has 0 saturated heterocycles. The first-order valence-electron chi connectivity index (χ1n) is 5.74. The Balaban J connectivity index is 3.28. The zero-order valence-corrected chi connectivity index (χ0v) is 11.8. The third kappa shape index (κ3) is 1.45. The van der Waals surface area contributed by atoms with Crippen LogP contribution in [0.4, 0.5) is 4.79 Å². The summed E-state index contributed by atoms with van der Waals surface area (Å²) in [6.07, 6.45) is 0. The molecular formula is C13H24N2O. The predicted octanol–water partition coefficient (Wildman–Crippen LogP) is 3.08. The Morgan fingerprint density at radius 3 is 1.81 bits per heavy atom. The van der Waals surface area contributed by atoms with Crippen molar-refractivity contribution in [1.82, 2.24) is 9.80 Å². The average molecular weight is 224 g/mol. The van der Waals surface area contributed by atoms with Gasteiger partial charge in [-0.05, 0) is 33.3 Å². The van der Waals surface area contributed by atoms with E-state index in [0.29, 0.717) is 0 Å². The van der Waals surface area contributed by atoms with Gasteiger partial charge in [-0.2, -0.15) is 0 Å². The quantitative estimate of drug-likeness (QED) is 0.620. The van der Waals surface area contributed by atoms with E-state index in [1.54, 1.807) is 19.0 Å². The molecule has 0 bridgehead atoms. The van der Waals surface area contributed by atoms with Gasteiger partial charge in [-0.15, -0.1) is 0 Å². The van der Waals surface area contributed by atoms with E-state index >= 15 is 0 Å². The first-order valence-corrected chi connectivity index (χ1v) is 5.74. The highest BCUT2D eigenvalue weighted by Crippen LogP contribution is 2.50. The maximum atomic E-state index is 12.2. The van der Waals surface area contributed by atoms with Gasteiger partial charge in [0.25, 0.3) is 0 Å². The van der Waals surface area contributed by atoms with Crippen LogP contribution < -0.4 is 0 Å². The van der Waals surface area contributed by atoms with Gasteiger partial charge in [-0.3, -0.25) is 4.90 Å². The Kier molecular flexibility index (Phi) is 2.86. The molecule has 3 heteroatoms. The minimum atomic E-state index is -0.178. The number of rotatable bonds is 0. The van der Waals surface area contributed by atoms with Crippen LogP contribution in [0.1, 0.15) is 41.5 Å². The molecule has 0 unspecified atom stereocenters. The number of hydrogen-bond acceptors (Lipinski definition) is 1. The van der Waals surface area contributed by atoms with Crippen LogP contribution in [0.2, 0.25) is 0 Å². The second-order valence-corrected chi connectivity index (χ2v) is 5.91.